The average Bonchev–Trinajstić information content (AvgIpc) is 2.02. The Morgan fingerprint density at radius 3 is 1.93 bits per heavy atom. The molecule has 0 aromatic carbocycles. The van der Waals surface area contributed by atoms with Gasteiger partial charge in [-0.3, -0.25) is 0 Å². The molecule has 0 aromatic heterocycles. The summed E-state index contributed by atoms with van der Waals surface area (Å²) in [5, 5.41) is 11.6. The molecule has 0 aliphatic heterocycles. The van der Waals surface area contributed by atoms with Crippen LogP contribution in [0.25, 0.3) is 0 Å². The van der Waals surface area contributed by atoms with E-state index >= 15 is 0 Å². The van der Waals surface area contributed by atoms with E-state index in [1.54, 1.807) is 34.6 Å². The van der Waals surface area contributed by atoms with E-state index < -0.39 is 13.1 Å². The molecule has 5 nitrogen and oxygen atoms in total. The Kier molecular flexibility index (Phi) is 5.49. The Morgan fingerprint density at radius 1 is 1.27 bits per heavy atom. The van der Waals surface area contributed by atoms with Crippen molar-refractivity contribution in [2.75, 3.05) is 13.2 Å². The molecule has 0 bridgehead atoms. The van der Waals surface area contributed by atoms with Gasteiger partial charge in [-0.15, -0.1) is 0 Å². The topological polar surface area (TPSA) is 61.6 Å². The summed E-state index contributed by atoms with van der Waals surface area (Å²) in [6.45, 7) is 9.05. The molecule has 0 fully saturated rings. The highest BCUT2D eigenvalue weighted by molar-refractivity contribution is 7.69. The van der Waals surface area contributed by atoms with Crippen molar-refractivity contribution >= 4 is 13.6 Å². The molecule has 15 heavy (non-hydrogen) atoms. The van der Waals surface area contributed by atoms with Gasteiger partial charge in [0, 0.05) is 20.8 Å². The molecule has 0 saturated heterocycles. The van der Waals surface area contributed by atoms with Gasteiger partial charge in [-0.25, -0.2) is 9.30 Å². The van der Waals surface area contributed by atoms with Crippen molar-refractivity contribution in [2.24, 2.45) is 0 Å². The minimum atomic E-state index is -3.38. The highest BCUT2D eigenvalue weighted by Gasteiger charge is 2.29. The lowest BCUT2D eigenvalue weighted by Crippen LogP contribution is -2.29. The van der Waals surface area contributed by atoms with Crippen molar-refractivity contribution in [3.05, 3.63) is 5.21 Å². The second kappa shape index (κ2) is 5.64. The zero-order valence-electron chi connectivity index (χ0n) is 10.0. The van der Waals surface area contributed by atoms with Gasteiger partial charge in [0.1, 0.15) is 0 Å². The molecule has 6 heteroatoms. The van der Waals surface area contributed by atoms with Gasteiger partial charge in [0.15, 0.2) is 5.54 Å². The molecule has 0 aliphatic carbocycles. The third kappa shape index (κ3) is 5.30. The number of hydroxylamine groups is 1. The van der Waals surface area contributed by atoms with Crippen molar-refractivity contribution in [3.63, 3.8) is 0 Å². The summed E-state index contributed by atoms with van der Waals surface area (Å²) < 4.78 is 22.5. The molecule has 0 atom stereocenters. The smallest absolute Gasteiger partial charge is 0.417 e. The molecule has 0 saturated carbocycles. The van der Waals surface area contributed by atoms with Crippen LogP contribution < -0.4 is 0 Å². The van der Waals surface area contributed by atoms with Crippen LogP contribution in [0.2, 0.25) is 0 Å². The largest absolute Gasteiger partial charge is 0.623 e. The zero-order valence-corrected chi connectivity index (χ0v) is 10.9. The minimum Gasteiger partial charge on any atom is -0.623 e. The normalized spacial score (nSPS) is 14.3. The lowest BCUT2D eigenvalue weighted by Gasteiger charge is -2.20. The first-order valence-electron chi connectivity index (χ1n) is 4.96. The van der Waals surface area contributed by atoms with Crippen LogP contribution in [0.3, 0.4) is 0 Å². The molecule has 0 aliphatic rings. The van der Waals surface area contributed by atoms with E-state index in [1.165, 1.54) is 0 Å². The van der Waals surface area contributed by atoms with E-state index in [4.69, 9.17) is 9.05 Å². The van der Waals surface area contributed by atoms with Gasteiger partial charge in [0.2, 0.25) is 0 Å². The number of hydrogen-bond donors (Lipinski definition) is 0. The van der Waals surface area contributed by atoms with E-state index in [9.17, 15) is 9.77 Å². The molecule has 0 unspecified atom stereocenters. The van der Waals surface area contributed by atoms with Gasteiger partial charge in [-0.2, -0.15) is 0 Å². The van der Waals surface area contributed by atoms with Gasteiger partial charge < -0.3 is 14.3 Å². The highest BCUT2D eigenvalue weighted by atomic mass is 31.2. The van der Waals surface area contributed by atoms with Crippen molar-refractivity contribution in [1.29, 1.82) is 0 Å². The molecular formula is C9H20NO4P. The maximum absolute atomic E-state index is 11.9. The van der Waals surface area contributed by atoms with Crippen LogP contribution in [0.4, 0.5) is 0 Å². The first-order valence-corrected chi connectivity index (χ1v) is 6.57. The predicted octanol–water partition coefficient (Wildman–Crippen LogP) is 2.59. The van der Waals surface area contributed by atoms with Crippen LogP contribution in [-0.4, -0.2) is 29.4 Å². The van der Waals surface area contributed by atoms with E-state index in [-0.39, 0.29) is 13.2 Å². The van der Waals surface area contributed by atoms with Gasteiger partial charge in [-0.1, -0.05) is 0 Å². The Balaban J connectivity index is 4.89. The predicted molar refractivity (Wildman–Crippen MR) is 60.3 cm³/mol. The van der Waals surface area contributed by atoms with Crippen molar-refractivity contribution in [1.82, 2.24) is 0 Å². The molecule has 0 amide bonds. The van der Waals surface area contributed by atoms with Crippen LogP contribution >= 0.6 is 7.60 Å². The lowest BCUT2D eigenvalue weighted by atomic mass is 10.1. The SMILES string of the molecule is CCOP(=O)(C=[N+]([O-])C(C)(C)C)OCC. The summed E-state index contributed by atoms with van der Waals surface area (Å²) >= 11 is 0. The molecule has 0 radical (unpaired) electrons. The molecular weight excluding hydrogens is 217 g/mol. The van der Waals surface area contributed by atoms with Crippen LogP contribution in [0.5, 0.6) is 0 Å². The summed E-state index contributed by atoms with van der Waals surface area (Å²) in [5.41, 5.74) is -0.649. The first kappa shape index (κ1) is 14.6. The highest BCUT2D eigenvalue weighted by Crippen LogP contribution is 2.45. The summed E-state index contributed by atoms with van der Waals surface area (Å²) in [7, 11) is -3.38. The van der Waals surface area contributed by atoms with E-state index in [1.807, 2.05) is 0 Å². The Bertz CT molecular complexity index is 260. The maximum atomic E-state index is 11.9. The molecule has 0 rings (SSSR count). The van der Waals surface area contributed by atoms with Crippen LogP contribution in [0.15, 0.2) is 0 Å². The van der Waals surface area contributed by atoms with Crippen LogP contribution in [-0.2, 0) is 13.6 Å². The molecule has 0 heterocycles. The Hall–Kier alpha value is -0.380. The average molecular weight is 237 g/mol. The second-order valence-electron chi connectivity index (χ2n) is 3.99. The number of nitrogens with zero attached hydrogens (tertiary/aromatic N) is 1. The Morgan fingerprint density at radius 2 is 1.67 bits per heavy atom. The molecule has 0 aromatic rings. The molecule has 0 N–H and O–H groups in total. The Labute approximate surface area is 91.2 Å². The third-order valence-electron chi connectivity index (χ3n) is 1.53. The summed E-state index contributed by atoms with van der Waals surface area (Å²) in [6.07, 6.45) is 0. The summed E-state index contributed by atoms with van der Waals surface area (Å²) in [5.74, 6) is 1.00. The first-order chi connectivity index (χ1) is 6.75. The standard InChI is InChI=1S/C9H20NO4P/c1-6-13-15(12,14-7-2)8-10(11)9(3,4)5/h8H,6-7H2,1-5H3. The van der Waals surface area contributed by atoms with Crippen LogP contribution in [0, 0.1) is 5.21 Å². The zero-order chi connectivity index (χ0) is 12.1. The van der Waals surface area contributed by atoms with E-state index in [0.717, 1.165) is 5.96 Å². The fourth-order valence-electron chi connectivity index (χ4n) is 0.765. The van der Waals surface area contributed by atoms with Gasteiger partial charge >= 0.3 is 7.60 Å². The monoisotopic (exact) mass is 237 g/mol. The van der Waals surface area contributed by atoms with Gasteiger partial charge in [-0.05, 0) is 13.8 Å². The minimum absolute atomic E-state index is 0.242. The van der Waals surface area contributed by atoms with Crippen LogP contribution in [0.1, 0.15) is 34.6 Å². The maximum Gasteiger partial charge on any atom is 0.417 e. The van der Waals surface area contributed by atoms with E-state index in [2.05, 4.69) is 0 Å². The van der Waals surface area contributed by atoms with Crippen molar-refractivity contribution < 1.29 is 18.4 Å². The lowest BCUT2D eigenvalue weighted by molar-refractivity contribution is -0.529. The summed E-state index contributed by atoms with van der Waals surface area (Å²) in [4.78, 5) is 0. The molecule has 0 spiro atoms. The summed E-state index contributed by atoms with van der Waals surface area (Å²) in [6, 6.07) is 0. The van der Waals surface area contributed by atoms with Gasteiger partial charge in [0.25, 0.3) is 5.96 Å². The van der Waals surface area contributed by atoms with Gasteiger partial charge in [0.05, 0.1) is 13.2 Å². The molecule has 90 valence electrons. The second-order valence-corrected chi connectivity index (χ2v) is 5.81. The van der Waals surface area contributed by atoms with E-state index in [0.29, 0.717) is 4.74 Å². The third-order valence-corrected chi connectivity index (χ3v) is 3.25. The fraction of sp³-hybridized carbons (Fsp3) is 0.889. The number of hydrogen-bond acceptors (Lipinski definition) is 4. The quantitative estimate of drug-likeness (QED) is 0.242. The number of rotatable bonds is 5. The van der Waals surface area contributed by atoms with Crippen molar-refractivity contribution in [3.8, 4) is 0 Å². The van der Waals surface area contributed by atoms with Crippen molar-refractivity contribution in [2.45, 2.75) is 40.2 Å². The fourth-order valence-corrected chi connectivity index (χ4v) is 2.30.